The molecule has 5 heteroatoms. The van der Waals surface area contributed by atoms with Crippen molar-refractivity contribution in [3.05, 3.63) is 0 Å². The molecule has 1 amide bonds. The molecule has 0 radical (unpaired) electrons. The quantitative estimate of drug-likeness (QED) is 0.813. The van der Waals surface area contributed by atoms with Crippen LogP contribution in [0.5, 0.6) is 0 Å². The number of rotatable bonds is 5. The van der Waals surface area contributed by atoms with Gasteiger partial charge < -0.3 is 20.1 Å². The second kappa shape index (κ2) is 7.27. The fraction of sp³-hybridized carbons (Fsp3) is 0.933. The normalized spacial score (nSPS) is 22.7. The predicted molar refractivity (Wildman–Crippen MR) is 79.7 cm³/mol. The molecule has 118 valence electrons. The molecule has 3 atom stereocenters. The first-order valence-corrected chi connectivity index (χ1v) is 7.61. The number of aliphatic hydroxyl groups is 1. The van der Waals surface area contributed by atoms with Crippen LogP contribution >= 0.6 is 0 Å². The summed E-state index contributed by atoms with van der Waals surface area (Å²) in [6.07, 6.45) is 2.52. The van der Waals surface area contributed by atoms with Crippen LogP contribution in [0.3, 0.4) is 0 Å². The first-order valence-electron chi connectivity index (χ1n) is 7.61. The molecule has 0 bridgehead atoms. The van der Waals surface area contributed by atoms with Crippen LogP contribution in [-0.4, -0.2) is 53.0 Å². The van der Waals surface area contributed by atoms with Gasteiger partial charge in [0.1, 0.15) is 5.60 Å². The van der Waals surface area contributed by atoms with Crippen LogP contribution in [0.15, 0.2) is 0 Å². The number of likely N-dealkylation sites (tertiary alicyclic amines) is 1. The number of aliphatic hydroxyl groups excluding tert-OH is 1. The fourth-order valence-electron chi connectivity index (χ4n) is 2.70. The molecule has 0 aromatic carbocycles. The van der Waals surface area contributed by atoms with Crippen molar-refractivity contribution in [1.29, 1.82) is 0 Å². The van der Waals surface area contributed by atoms with Gasteiger partial charge in [-0.1, -0.05) is 0 Å². The van der Waals surface area contributed by atoms with Gasteiger partial charge in [-0.2, -0.15) is 0 Å². The molecule has 1 fully saturated rings. The summed E-state index contributed by atoms with van der Waals surface area (Å²) in [4.78, 5) is 14.1. The van der Waals surface area contributed by atoms with E-state index in [1.807, 2.05) is 25.7 Å². The SMILES string of the molecule is CC(CCO)NC(C)C1CCCN1C(=O)OC(C)(C)C. The molecule has 0 saturated carbocycles. The van der Waals surface area contributed by atoms with Crippen LogP contribution in [0.1, 0.15) is 53.9 Å². The summed E-state index contributed by atoms with van der Waals surface area (Å²) in [6.45, 7) is 10.8. The maximum absolute atomic E-state index is 12.2. The third kappa shape index (κ3) is 5.29. The van der Waals surface area contributed by atoms with Gasteiger partial charge in [0, 0.05) is 25.2 Å². The zero-order chi connectivity index (χ0) is 15.3. The van der Waals surface area contributed by atoms with Gasteiger partial charge in [0.2, 0.25) is 0 Å². The van der Waals surface area contributed by atoms with Crippen molar-refractivity contribution in [3.63, 3.8) is 0 Å². The van der Waals surface area contributed by atoms with E-state index in [1.54, 1.807) is 0 Å². The molecular weight excluding hydrogens is 256 g/mol. The topological polar surface area (TPSA) is 61.8 Å². The average Bonchev–Trinajstić information content (AvgIpc) is 2.75. The lowest BCUT2D eigenvalue weighted by atomic mass is 10.1. The second-order valence-corrected chi connectivity index (χ2v) is 6.75. The maximum atomic E-state index is 12.2. The van der Waals surface area contributed by atoms with E-state index in [0.29, 0.717) is 0 Å². The molecule has 1 aliphatic heterocycles. The fourth-order valence-corrected chi connectivity index (χ4v) is 2.70. The summed E-state index contributed by atoms with van der Waals surface area (Å²) in [7, 11) is 0. The summed E-state index contributed by atoms with van der Waals surface area (Å²) in [5.74, 6) is 0. The van der Waals surface area contributed by atoms with Crippen molar-refractivity contribution in [2.24, 2.45) is 0 Å². The van der Waals surface area contributed by atoms with Gasteiger partial charge in [0.25, 0.3) is 0 Å². The van der Waals surface area contributed by atoms with Crippen molar-refractivity contribution in [2.75, 3.05) is 13.2 Å². The third-order valence-corrected chi connectivity index (χ3v) is 3.61. The number of hydrogen-bond acceptors (Lipinski definition) is 4. The minimum absolute atomic E-state index is 0.172. The molecule has 1 rings (SSSR count). The van der Waals surface area contributed by atoms with Crippen LogP contribution in [0.25, 0.3) is 0 Å². The Bertz CT molecular complexity index is 315. The Balaban J connectivity index is 2.57. The van der Waals surface area contributed by atoms with Gasteiger partial charge in [0.05, 0.1) is 6.04 Å². The Morgan fingerprint density at radius 3 is 2.65 bits per heavy atom. The Hall–Kier alpha value is -0.810. The molecule has 0 spiro atoms. The van der Waals surface area contributed by atoms with Crippen LogP contribution in [0.2, 0.25) is 0 Å². The lowest BCUT2D eigenvalue weighted by Gasteiger charge is -2.33. The van der Waals surface area contributed by atoms with Gasteiger partial charge in [-0.3, -0.25) is 0 Å². The molecule has 2 N–H and O–H groups in total. The lowest BCUT2D eigenvalue weighted by Crippen LogP contribution is -2.51. The standard InChI is InChI=1S/C15H30N2O3/c1-11(8-10-18)16-12(2)13-7-6-9-17(13)14(19)20-15(3,4)5/h11-13,16,18H,6-10H2,1-5H3. The molecule has 5 nitrogen and oxygen atoms in total. The maximum Gasteiger partial charge on any atom is 0.410 e. The lowest BCUT2D eigenvalue weighted by molar-refractivity contribution is 0.0196. The van der Waals surface area contributed by atoms with Crippen LogP contribution in [0.4, 0.5) is 4.79 Å². The van der Waals surface area contributed by atoms with Crippen molar-refractivity contribution in [3.8, 4) is 0 Å². The van der Waals surface area contributed by atoms with E-state index in [0.717, 1.165) is 25.8 Å². The monoisotopic (exact) mass is 286 g/mol. The summed E-state index contributed by atoms with van der Waals surface area (Å²) < 4.78 is 5.47. The molecule has 3 unspecified atom stereocenters. The van der Waals surface area contributed by atoms with Crippen LogP contribution in [-0.2, 0) is 4.74 Å². The first-order chi connectivity index (χ1) is 9.24. The molecule has 1 saturated heterocycles. The summed E-state index contributed by atoms with van der Waals surface area (Å²) in [6, 6.07) is 0.619. The number of nitrogens with zero attached hydrogens (tertiary/aromatic N) is 1. The Labute approximate surface area is 122 Å². The van der Waals surface area contributed by atoms with E-state index in [4.69, 9.17) is 9.84 Å². The highest BCUT2D eigenvalue weighted by atomic mass is 16.6. The number of nitrogens with one attached hydrogen (secondary N) is 1. The van der Waals surface area contributed by atoms with Crippen molar-refractivity contribution in [1.82, 2.24) is 10.2 Å². The smallest absolute Gasteiger partial charge is 0.410 e. The third-order valence-electron chi connectivity index (χ3n) is 3.61. The Morgan fingerprint density at radius 2 is 2.10 bits per heavy atom. The minimum Gasteiger partial charge on any atom is -0.444 e. The predicted octanol–water partition coefficient (Wildman–Crippen LogP) is 2.13. The zero-order valence-electron chi connectivity index (χ0n) is 13.5. The minimum atomic E-state index is -0.453. The van der Waals surface area contributed by atoms with E-state index in [1.165, 1.54) is 0 Å². The number of ether oxygens (including phenoxy) is 1. The highest BCUT2D eigenvalue weighted by Gasteiger charge is 2.35. The first kappa shape index (κ1) is 17.2. The summed E-state index contributed by atoms with van der Waals surface area (Å²) in [5.41, 5.74) is -0.453. The van der Waals surface area contributed by atoms with Gasteiger partial charge >= 0.3 is 6.09 Å². The highest BCUT2D eigenvalue weighted by Crippen LogP contribution is 2.23. The van der Waals surface area contributed by atoms with E-state index in [2.05, 4.69) is 19.2 Å². The van der Waals surface area contributed by atoms with E-state index < -0.39 is 5.60 Å². The molecule has 1 heterocycles. The molecule has 0 aliphatic carbocycles. The van der Waals surface area contributed by atoms with Gasteiger partial charge in [-0.05, 0) is 53.9 Å². The molecular formula is C15H30N2O3. The average molecular weight is 286 g/mol. The Kier molecular flexibility index (Phi) is 6.27. The van der Waals surface area contributed by atoms with Gasteiger partial charge in [-0.15, -0.1) is 0 Å². The number of carbonyl (C=O) groups excluding carboxylic acids is 1. The zero-order valence-corrected chi connectivity index (χ0v) is 13.5. The van der Waals surface area contributed by atoms with E-state index in [-0.39, 0.29) is 30.8 Å². The van der Waals surface area contributed by atoms with Crippen LogP contribution in [0, 0.1) is 0 Å². The van der Waals surface area contributed by atoms with Gasteiger partial charge in [0.15, 0.2) is 0 Å². The molecule has 20 heavy (non-hydrogen) atoms. The molecule has 1 aliphatic rings. The number of hydrogen-bond donors (Lipinski definition) is 2. The highest BCUT2D eigenvalue weighted by molar-refractivity contribution is 5.69. The van der Waals surface area contributed by atoms with Crippen molar-refractivity contribution < 1.29 is 14.6 Å². The summed E-state index contributed by atoms with van der Waals surface area (Å²) >= 11 is 0. The van der Waals surface area contributed by atoms with E-state index in [9.17, 15) is 4.79 Å². The molecule has 0 aromatic heterocycles. The summed E-state index contributed by atoms with van der Waals surface area (Å²) in [5, 5.41) is 12.4. The van der Waals surface area contributed by atoms with Crippen LogP contribution < -0.4 is 5.32 Å². The van der Waals surface area contributed by atoms with E-state index >= 15 is 0 Å². The number of carbonyl (C=O) groups is 1. The van der Waals surface area contributed by atoms with Crippen molar-refractivity contribution >= 4 is 6.09 Å². The Morgan fingerprint density at radius 1 is 1.45 bits per heavy atom. The second-order valence-electron chi connectivity index (χ2n) is 6.75. The molecule has 0 aromatic rings. The number of amides is 1. The van der Waals surface area contributed by atoms with Crippen molar-refractivity contribution in [2.45, 2.75) is 77.6 Å². The largest absolute Gasteiger partial charge is 0.444 e. The van der Waals surface area contributed by atoms with Gasteiger partial charge in [-0.25, -0.2) is 4.79 Å².